The first kappa shape index (κ1) is 30.7. The average molecular weight is 605 g/mol. The summed E-state index contributed by atoms with van der Waals surface area (Å²) in [6.07, 6.45) is 1.67. The molecule has 220 valence electrons. The Labute approximate surface area is 235 Å². The molecular formula is C27H32ClF3N2O6S. The lowest BCUT2D eigenvalue weighted by atomic mass is 9.77. The second-order valence-corrected chi connectivity index (χ2v) is 13.2. The van der Waals surface area contributed by atoms with Gasteiger partial charge in [-0.1, -0.05) is 11.6 Å². The Bertz CT molecular complexity index is 1320. The highest BCUT2D eigenvalue weighted by atomic mass is 35.5. The molecular weight excluding hydrogens is 573 g/mol. The van der Waals surface area contributed by atoms with Crippen molar-refractivity contribution in [1.82, 2.24) is 5.32 Å². The zero-order valence-electron chi connectivity index (χ0n) is 21.8. The van der Waals surface area contributed by atoms with Crippen LogP contribution in [0.4, 0.5) is 18.9 Å². The van der Waals surface area contributed by atoms with Crippen molar-refractivity contribution in [3.8, 4) is 0 Å². The first-order valence-electron chi connectivity index (χ1n) is 13.0. The lowest BCUT2D eigenvalue weighted by Crippen LogP contribution is -2.48. The van der Waals surface area contributed by atoms with Gasteiger partial charge in [0.1, 0.15) is 0 Å². The molecule has 2 saturated carbocycles. The summed E-state index contributed by atoms with van der Waals surface area (Å²) in [6, 6.07) is 4.80. The zero-order valence-corrected chi connectivity index (χ0v) is 23.4. The maximum absolute atomic E-state index is 13.8. The van der Waals surface area contributed by atoms with Gasteiger partial charge in [-0.2, -0.15) is 0 Å². The van der Waals surface area contributed by atoms with Gasteiger partial charge >= 0.3 is 0 Å². The highest BCUT2D eigenvalue weighted by Gasteiger charge is 2.54. The summed E-state index contributed by atoms with van der Waals surface area (Å²) >= 11 is 6.28. The molecule has 40 heavy (non-hydrogen) atoms. The number of rotatable bonds is 11. The number of benzene rings is 2. The number of amides is 1. The third-order valence-electron chi connectivity index (χ3n) is 7.61. The Morgan fingerprint density at radius 1 is 1.15 bits per heavy atom. The van der Waals surface area contributed by atoms with Gasteiger partial charge in [-0.15, -0.1) is 0 Å². The van der Waals surface area contributed by atoms with E-state index < -0.39 is 44.0 Å². The Morgan fingerprint density at radius 2 is 1.77 bits per heavy atom. The van der Waals surface area contributed by atoms with Crippen molar-refractivity contribution >= 4 is 33.0 Å². The molecule has 2 bridgehead atoms. The van der Waals surface area contributed by atoms with Gasteiger partial charge in [0.15, 0.2) is 27.3 Å². The second kappa shape index (κ2) is 12.3. The summed E-state index contributed by atoms with van der Waals surface area (Å²) in [5.41, 5.74) is -1.64. The molecule has 0 aromatic heterocycles. The van der Waals surface area contributed by atoms with E-state index in [1.165, 1.54) is 12.1 Å². The van der Waals surface area contributed by atoms with Crippen LogP contribution in [0.3, 0.4) is 0 Å². The highest BCUT2D eigenvalue weighted by Crippen LogP contribution is 2.51. The SMILES string of the molecule is CC(CO)NCCOCC1(O)CC2CC[C@@H](C1)C2S(=O)(=O)c1cc(C(=O)Nc2cc(F)c(F)c(F)c2)ccc1Cl. The Balaban J connectivity index is 1.47. The molecule has 0 aliphatic heterocycles. The number of halogens is 4. The largest absolute Gasteiger partial charge is 0.395 e. The van der Waals surface area contributed by atoms with E-state index in [4.69, 9.17) is 21.4 Å². The van der Waals surface area contributed by atoms with Crippen LogP contribution < -0.4 is 10.6 Å². The normalized spacial score (nSPS) is 25.1. The van der Waals surface area contributed by atoms with E-state index in [0.29, 0.717) is 38.1 Å². The number of aliphatic hydroxyl groups is 2. The Hall–Kier alpha value is -2.22. The molecule has 5 atom stereocenters. The van der Waals surface area contributed by atoms with Crippen LogP contribution in [0.1, 0.15) is 43.0 Å². The molecule has 2 aliphatic rings. The van der Waals surface area contributed by atoms with Gasteiger partial charge in [-0.25, -0.2) is 21.6 Å². The van der Waals surface area contributed by atoms with Crippen molar-refractivity contribution in [1.29, 1.82) is 0 Å². The van der Waals surface area contributed by atoms with E-state index in [-0.39, 0.29) is 65.1 Å². The van der Waals surface area contributed by atoms with Crippen LogP contribution in [0.2, 0.25) is 5.02 Å². The number of carbonyl (C=O) groups excluding carboxylic acids is 1. The molecule has 0 saturated heterocycles. The fourth-order valence-electron chi connectivity index (χ4n) is 5.81. The topological polar surface area (TPSA) is 125 Å². The Kier molecular flexibility index (Phi) is 9.48. The standard InChI is InChI=1S/C27H32ClF3N2O6S/c1-15(13-34)32-6-7-39-14-27(36)11-17-2-3-18(12-27)25(17)40(37,38)23-8-16(4-5-20(23)28)26(35)33-19-9-21(29)24(31)22(30)10-19/h4-5,8-10,15,17-18,25,32,34,36H,2-3,6-7,11-14H2,1H3,(H,33,35)/t15?,17-,18?,25?,27?/m0/s1. The minimum absolute atomic E-state index is 0.00499. The first-order chi connectivity index (χ1) is 18.8. The molecule has 13 heteroatoms. The Morgan fingerprint density at radius 3 is 2.38 bits per heavy atom. The zero-order chi connectivity index (χ0) is 29.2. The third-order valence-corrected chi connectivity index (χ3v) is 10.5. The number of anilines is 1. The van der Waals surface area contributed by atoms with Crippen LogP contribution in [-0.2, 0) is 14.6 Å². The molecule has 1 amide bonds. The van der Waals surface area contributed by atoms with Crippen molar-refractivity contribution in [2.24, 2.45) is 11.8 Å². The van der Waals surface area contributed by atoms with E-state index in [2.05, 4.69) is 10.6 Å². The van der Waals surface area contributed by atoms with Gasteiger partial charge in [0.2, 0.25) is 0 Å². The monoisotopic (exact) mass is 604 g/mol. The minimum Gasteiger partial charge on any atom is -0.395 e. The maximum atomic E-state index is 13.8. The summed E-state index contributed by atoms with van der Waals surface area (Å²) in [7, 11) is -4.04. The molecule has 4 unspecified atom stereocenters. The number of ether oxygens (including phenoxy) is 1. The lowest BCUT2D eigenvalue weighted by Gasteiger charge is -2.40. The quantitative estimate of drug-likeness (QED) is 0.228. The van der Waals surface area contributed by atoms with Gasteiger partial charge < -0.3 is 25.6 Å². The smallest absolute Gasteiger partial charge is 0.255 e. The minimum atomic E-state index is -4.04. The predicted octanol–water partition coefficient (Wildman–Crippen LogP) is 3.69. The highest BCUT2D eigenvalue weighted by molar-refractivity contribution is 7.92. The van der Waals surface area contributed by atoms with Crippen LogP contribution in [0.25, 0.3) is 0 Å². The van der Waals surface area contributed by atoms with E-state index >= 15 is 0 Å². The van der Waals surface area contributed by atoms with Crippen molar-refractivity contribution in [3.63, 3.8) is 0 Å². The fourth-order valence-corrected chi connectivity index (χ4v) is 8.65. The molecule has 0 heterocycles. The van der Waals surface area contributed by atoms with Crippen molar-refractivity contribution in [2.75, 3.05) is 31.7 Å². The molecule has 0 radical (unpaired) electrons. The molecule has 2 aromatic carbocycles. The molecule has 8 nitrogen and oxygen atoms in total. The van der Waals surface area contributed by atoms with E-state index in [1.54, 1.807) is 0 Å². The van der Waals surface area contributed by atoms with E-state index in [1.807, 2.05) is 6.92 Å². The van der Waals surface area contributed by atoms with Gasteiger partial charge in [0.25, 0.3) is 5.91 Å². The summed E-state index contributed by atoms with van der Waals surface area (Å²) in [4.78, 5) is 12.5. The predicted molar refractivity (Wildman–Crippen MR) is 142 cm³/mol. The number of hydrogen-bond donors (Lipinski definition) is 4. The van der Waals surface area contributed by atoms with Crippen molar-refractivity contribution < 1.29 is 41.3 Å². The number of carbonyl (C=O) groups is 1. The number of sulfone groups is 1. The molecule has 4 rings (SSSR count). The molecule has 0 spiro atoms. The number of fused-ring (bicyclic) bond motifs is 2. The summed E-state index contributed by atoms with van der Waals surface area (Å²) in [5.74, 6) is -6.20. The van der Waals surface area contributed by atoms with Crippen LogP contribution in [-0.4, -0.2) is 67.8 Å². The van der Waals surface area contributed by atoms with Crippen LogP contribution >= 0.6 is 11.6 Å². The first-order valence-corrected chi connectivity index (χ1v) is 14.9. The maximum Gasteiger partial charge on any atom is 0.255 e. The number of aliphatic hydroxyl groups excluding tert-OH is 1. The summed E-state index contributed by atoms with van der Waals surface area (Å²) in [6.45, 7) is 2.70. The van der Waals surface area contributed by atoms with Crippen LogP contribution in [0, 0.1) is 29.3 Å². The number of nitrogens with one attached hydrogen (secondary N) is 2. The van der Waals surface area contributed by atoms with E-state index in [9.17, 15) is 31.5 Å². The van der Waals surface area contributed by atoms with E-state index in [0.717, 1.165) is 6.07 Å². The van der Waals surface area contributed by atoms with Crippen LogP contribution in [0.15, 0.2) is 35.2 Å². The average Bonchev–Trinajstić information content (AvgIpc) is 3.20. The number of hydrogen-bond acceptors (Lipinski definition) is 7. The second-order valence-electron chi connectivity index (χ2n) is 10.7. The van der Waals surface area contributed by atoms with Gasteiger partial charge in [-0.3, -0.25) is 4.79 Å². The molecule has 2 aromatic rings. The van der Waals surface area contributed by atoms with Crippen LogP contribution in [0.5, 0.6) is 0 Å². The molecule has 2 fully saturated rings. The van der Waals surface area contributed by atoms with Crippen molar-refractivity contribution in [2.45, 2.75) is 54.4 Å². The van der Waals surface area contributed by atoms with Gasteiger partial charge in [-0.05, 0) is 62.6 Å². The summed E-state index contributed by atoms with van der Waals surface area (Å²) in [5, 5.41) is 24.7. The third kappa shape index (κ3) is 6.63. The van der Waals surface area contributed by atoms with Crippen molar-refractivity contribution in [3.05, 3.63) is 58.4 Å². The van der Waals surface area contributed by atoms with Gasteiger partial charge in [0.05, 0.1) is 40.6 Å². The lowest BCUT2D eigenvalue weighted by molar-refractivity contribution is -0.0821. The molecule has 2 aliphatic carbocycles. The molecule has 4 N–H and O–H groups in total. The fraction of sp³-hybridized carbons (Fsp3) is 0.519. The summed E-state index contributed by atoms with van der Waals surface area (Å²) < 4.78 is 73.7. The van der Waals surface area contributed by atoms with Gasteiger partial charge in [0, 0.05) is 36.0 Å².